The molecule has 2 aromatic heterocycles. The maximum atomic E-state index is 10.8. The van der Waals surface area contributed by atoms with E-state index in [0.29, 0.717) is 10.0 Å². The molecule has 78 heavy (non-hydrogen) atoms. The van der Waals surface area contributed by atoms with Gasteiger partial charge in [0.1, 0.15) is 11.2 Å². The Hall–Kier alpha value is -7.83. The van der Waals surface area contributed by atoms with E-state index in [1.165, 1.54) is 28.0 Å². The molecule has 386 valence electrons. The van der Waals surface area contributed by atoms with Crippen molar-refractivity contribution in [2.24, 2.45) is 0 Å². The molecule has 0 amide bonds. The molecule has 0 radical (unpaired) electrons. The van der Waals surface area contributed by atoms with E-state index in [-0.39, 0.29) is 55.2 Å². The van der Waals surface area contributed by atoms with Crippen molar-refractivity contribution in [2.75, 3.05) is 9.80 Å². The molecular formula is C72H62BrClN2O2. The second-order valence-electron chi connectivity index (χ2n) is 21.7. The van der Waals surface area contributed by atoms with Crippen LogP contribution in [0, 0.1) is 0 Å². The van der Waals surface area contributed by atoms with Gasteiger partial charge in [-0.15, -0.1) is 0 Å². The van der Waals surface area contributed by atoms with E-state index in [2.05, 4.69) is 15.9 Å². The van der Waals surface area contributed by atoms with Gasteiger partial charge in [0, 0.05) is 64.9 Å². The monoisotopic (exact) mass is 1130 g/mol. The highest BCUT2D eigenvalue weighted by Crippen LogP contribution is 2.55. The van der Waals surface area contributed by atoms with E-state index in [0.717, 1.165) is 6.07 Å². The van der Waals surface area contributed by atoms with E-state index in [4.69, 9.17) is 32.8 Å². The van der Waals surface area contributed by atoms with Gasteiger partial charge in [-0.3, -0.25) is 0 Å². The van der Waals surface area contributed by atoms with Crippen LogP contribution in [0.3, 0.4) is 0 Å². The summed E-state index contributed by atoms with van der Waals surface area (Å²) in [6.45, 7) is 15.3. The predicted octanol–water partition coefficient (Wildman–Crippen LogP) is 22.7. The molecule has 0 fully saturated rings. The van der Waals surface area contributed by atoms with Crippen LogP contribution >= 0.6 is 27.5 Å². The number of fused-ring (bicyclic) bond motifs is 6. The molecule has 0 saturated heterocycles. The van der Waals surface area contributed by atoms with Gasteiger partial charge >= 0.3 is 0 Å². The van der Waals surface area contributed by atoms with Crippen molar-refractivity contribution in [1.29, 1.82) is 0 Å². The largest absolute Gasteiger partial charge is 0.454 e. The average Bonchev–Trinajstić information content (AvgIpc) is 1.46. The number of halogens is 2. The summed E-state index contributed by atoms with van der Waals surface area (Å²) < 4.78 is 262. The number of anilines is 6. The van der Waals surface area contributed by atoms with E-state index < -0.39 is 246 Å². The minimum Gasteiger partial charge on any atom is -0.454 e. The Kier molecular flexibility index (Phi) is 7.33. The van der Waals surface area contributed by atoms with Crippen molar-refractivity contribution in [3.8, 4) is 33.4 Å². The van der Waals surface area contributed by atoms with Gasteiger partial charge < -0.3 is 18.6 Å². The van der Waals surface area contributed by atoms with Crippen molar-refractivity contribution < 1.29 is 44.5 Å². The fourth-order valence-corrected chi connectivity index (χ4v) is 10.2. The van der Waals surface area contributed by atoms with Gasteiger partial charge in [0.15, 0.2) is 11.2 Å². The van der Waals surface area contributed by atoms with Crippen LogP contribution in [0.2, 0.25) is 5.02 Å². The molecule has 12 rings (SSSR count). The Morgan fingerprint density at radius 1 is 0.436 bits per heavy atom. The molecule has 6 heteroatoms. The van der Waals surface area contributed by atoms with Crippen molar-refractivity contribution >= 4 is 106 Å². The first-order valence-electron chi connectivity index (χ1n) is 37.7. The Morgan fingerprint density at radius 2 is 0.949 bits per heavy atom. The standard InChI is InChI=1S/C72H62BrClN2O2/c1-70(2,3)49-39-54(42-55(40-49)76(53-29-21-28-51(74)41-53)67-59(47-24-14-11-15-25-47)44-61(72(7,8)9)65-57-31-17-19-33-63(57)78-69(65)67)75(52-36-34-45(35-37-52)48-26-20-27-50(73)38-48)66-58(46-22-12-10-13-23-46)43-60(71(4,5)6)64-56-30-16-18-32-62(56)77-68(64)66/h10-44H,1-9H3/i10D,11D,12D,13D,14D,15D,16D,17D,18D,19D,21D,22D,23D,24D,25D,28D,30D,31D,32D,33D,34D,35D,36D,41D,43D,44D. The third kappa shape index (κ3) is 9.27. The molecule has 2 heterocycles. The van der Waals surface area contributed by atoms with Crippen LogP contribution in [-0.2, 0) is 16.2 Å². The average molecular weight is 1130 g/mol. The lowest BCUT2D eigenvalue weighted by molar-refractivity contribution is 0.590. The van der Waals surface area contributed by atoms with Gasteiger partial charge in [-0.05, 0) is 140 Å². The van der Waals surface area contributed by atoms with E-state index in [1.54, 1.807) is 92.6 Å². The molecule has 0 spiro atoms. The summed E-state index contributed by atoms with van der Waals surface area (Å²) in [5.41, 5.74) is -10.00. The highest BCUT2D eigenvalue weighted by atomic mass is 79.9. The zero-order valence-corrected chi connectivity index (χ0v) is 46.0. The maximum absolute atomic E-state index is 10.8. The van der Waals surface area contributed by atoms with Gasteiger partial charge in [-0.1, -0.05) is 217 Å². The fourth-order valence-electron chi connectivity index (χ4n) is 9.63. The number of para-hydroxylation sites is 2. The molecular weight excluding hydrogens is 1040 g/mol. The third-order valence-corrected chi connectivity index (χ3v) is 13.9. The molecule has 0 bridgehead atoms. The van der Waals surface area contributed by atoms with E-state index in [9.17, 15) is 23.3 Å². The highest BCUT2D eigenvalue weighted by Gasteiger charge is 2.34. The highest BCUT2D eigenvalue weighted by molar-refractivity contribution is 9.10. The van der Waals surface area contributed by atoms with Gasteiger partial charge in [0.05, 0.1) is 47.0 Å². The topological polar surface area (TPSA) is 32.8 Å². The summed E-state index contributed by atoms with van der Waals surface area (Å²) in [4.78, 5) is 2.37. The van der Waals surface area contributed by atoms with Crippen LogP contribution in [0.25, 0.3) is 77.3 Å². The zero-order chi connectivity index (χ0) is 76.9. The quantitative estimate of drug-likeness (QED) is 0.144. The summed E-state index contributed by atoms with van der Waals surface area (Å²) >= 11 is 10.5. The molecule has 0 unspecified atom stereocenters. The summed E-state index contributed by atoms with van der Waals surface area (Å²) in [7, 11) is 0. The summed E-state index contributed by atoms with van der Waals surface area (Å²) in [6, 6.07) is -6.05. The summed E-state index contributed by atoms with van der Waals surface area (Å²) in [5, 5.41) is -1.48. The molecule has 12 aromatic rings. The molecule has 4 nitrogen and oxygen atoms in total. The number of furan rings is 2. The first-order chi connectivity index (χ1) is 48.2. The van der Waals surface area contributed by atoms with Gasteiger partial charge in [0.2, 0.25) is 0 Å². The number of hydrogen-bond donors (Lipinski definition) is 0. The minimum absolute atomic E-state index is 0.0267. The maximum Gasteiger partial charge on any atom is 0.160 e. The van der Waals surface area contributed by atoms with Gasteiger partial charge in [0.25, 0.3) is 0 Å². The smallest absolute Gasteiger partial charge is 0.160 e. The van der Waals surface area contributed by atoms with E-state index in [1.807, 2.05) is 0 Å². The molecule has 0 aliphatic heterocycles. The number of hydrogen-bond acceptors (Lipinski definition) is 4. The Morgan fingerprint density at radius 3 is 1.46 bits per heavy atom. The number of rotatable bonds is 9. The van der Waals surface area contributed by atoms with Crippen molar-refractivity contribution in [2.45, 2.75) is 78.6 Å². The molecule has 0 atom stereocenters. The molecule has 0 N–H and O–H groups in total. The molecule has 0 saturated carbocycles. The second-order valence-corrected chi connectivity index (χ2v) is 23.0. The van der Waals surface area contributed by atoms with Crippen LogP contribution in [0.5, 0.6) is 0 Å². The normalized spacial score (nSPS) is 17.0. The van der Waals surface area contributed by atoms with E-state index >= 15 is 0 Å². The van der Waals surface area contributed by atoms with Gasteiger partial charge in [-0.25, -0.2) is 0 Å². The number of nitrogens with zero attached hydrogens (tertiary/aromatic N) is 2. The lowest BCUT2D eigenvalue weighted by Gasteiger charge is -2.34. The lowest BCUT2D eigenvalue weighted by atomic mass is 9.81. The fraction of sp³-hybridized carbons (Fsp3) is 0.167. The minimum atomic E-state index is -1.28. The molecule has 0 aliphatic rings. The lowest BCUT2D eigenvalue weighted by Crippen LogP contribution is -2.19. The molecule has 0 aliphatic carbocycles. The SMILES string of the molecule is [2H]c1cc(N(c2cc(N(c3cc([2H])c(-c4cccc(Br)c4)c([2H])c3[2H])c3c(-c4c([2H])c([2H])c([2H])c([2H])c4[2H])c([2H])c(C(C)(C)C)c4c3oc3c([2H])c([2H])c([2H])c([2H])c34)cc(C(C)(C)C)c2)c2c(-c3c([2H])c([2H])c([2H])c([2H])c3[2H])c([2H])c(C(C)(C)C)c3c2oc2c([2H])c([2H])c([2H])c([2H])c23)c([2H])c(Cl)c1[2H]. The Labute approximate surface area is 508 Å². The van der Waals surface area contributed by atoms with Crippen molar-refractivity contribution in [3.63, 3.8) is 0 Å². The van der Waals surface area contributed by atoms with Crippen LogP contribution < -0.4 is 9.80 Å². The Balaban J connectivity index is 1.42. The van der Waals surface area contributed by atoms with Crippen LogP contribution in [0.1, 0.15) is 115 Å². The first-order valence-corrected chi connectivity index (χ1v) is 25.9. The number of benzene rings is 10. The summed E-state index contributed by atoms with van der Waals surface area (Å²) in [5.74, 6) is 0. The Bertz CT molecular complexity index is 5770. The third-order valence-electron chi connectivity index (χ3n) is 13.2. The van der Waals surface area contributed by atoms with Crippen molar-refractivity contribution in [1.82, 2.24) is 0 Å². The molecule has 10 aromatic carbocycles. The second kappa shape index (κ2) is 19.6. The van der Waals surface area contributed by atoms with Crippen LogP contribution in [0.4, 0.5) is 34.1 Å². The predicted molar refractivity (Wildman–Crippen MR) is 335 cm³/mol. The van der Waals surface area contributed by atoms with Crippen molar-refractivity contribution in [3.05, 3.63) is 238 Å². The zero-order valence-electron chi connectivity index (χ0n) is 69.7. The first kappa shape index (κ1) is 29.2. The summed E-state index contributed by atoms with van der Waals surface area (Å²) in [6.07, 6.45) is 0. The van der Waals surface area contributed by atoms with Crippen LogP contribution in [0.15, 0.2) is 225 Å². The van der Waals surface area contributed by atoms with Gasteiger partial charge in [-0.2, -0.15) is 0 Å². The van der Waals surface area contributed by atoms with Crippen LogP contribution in [-0.4, -0.2) is 0 Å².